The maximum atomic E-state index is 11.2. The Balaban J connectivity index is 2.86. The number of hydrogen-bond donors (Lipinski definition) is 1. The predicted molar refractivity (Wildman–Crippen MR) is 55.5 cm³/mol. The van der Waals surface area contributed by atoms with E-state index in [0.717, 1.165) is 4.47 Å². The third-order valence-electron chi connectivity index (χ3n) is 1.48. The summed E-state index contributed by atoms with van der Waals surface area (Å²) in [5, 5.41) is 9.35. The van der Waals surface area contributed by atoms with Gasteiger partial charge in [-0.15, -0.1) is 0 Å². The molecule has 0 atom stereocenters. The lowest BCUT2D eigenvalue weighted by Gasteiger charge is -2.11. The number of carbonyl (C=O) groups excluding carboxylic acids is 1. The second-order valence-electron chi connectivity index (χ2n) is 2.87. The van der Waals surface area contributed by atoms with Gasteiger partial charge >= 0.3 is 6.09 Å². The number of aromatic hydroxyl groups is 1. The van der Waals surface area contributed by atoms with Gasteiger partial charge in [-0.3, -0.25) is 0 Å². The topological polar surface area (TPSA) is 49.8 Å². The average molecular weight is 260 g/mol. The van der Waals surface area contributed by atoms with E-state index >= 15 is 0 Å². The molecule has 1 rings (SSSR count). The Hall–Kier alpha value is -1.23. The van der Waals surface area contributed by atoms with Crippen molar-refractivity contribution < 1.29 is 14.6 Å². The molecular weight excluding hydrogens is 250 g/mol. The number of phenolic OH excluding ortho intramolecular Hbond substituents is 1. The molecule has 1 aromatic rings. The largest absolute Gasteiger partial charge is 0.504 e. The fourth-order valence-electron chi connectivity index (χ4n) is 0.755. The molecule has 0 aromatic heterocycles. The third-order valence-corrected chi connectivity index (χ3v) is 1.98. The van der Waals surface area contributed by atoms with Crippen molar-refractivity contribution >= 4 is 22.0 Å². The van der Waals surface area contributed by atoms with E-state index in [4.69, 9.17) is 4.74 Å². The van der Waals surface area contributed by atoms with Crippen molar-refractivity contribution in [1.82, 2.24) is 4.90 Å². The van der Waals surface area contributed by atoms with E-state index in [0.29, 0.717) is 0 Å². The summed E-state index contributed by atoms with van der Waals surface area (Å²) in [7, 11) is 3.13. The first-order chi connectivity index (χ1) is 6.50. The van der Waals surface area contributed by atoms with E-state index in [9.17, 15) is 9.90 Å². The minimum absolute atomic E-state index is 0.0663. The molecule has 76 valence electrons. The van der Waals surface area contributed by atoms with Gasteiger partial charge in [-0.25, -0.2) is 4.79 Å². The fraction of sp³-hybridized carbons (Fsp3) is 0.222. The van der Waals surface area contributed by atoms with Crippen LogP contribution in [-0.4, -0.2) is 30.2 Å². The monoisotopic (exact) mass is 259 g/mol. The SMILES string of the molecule is CN(C)C(=O)Oc1cc(Br)ccc1O. The molecule has 0 saturated heterocycles. The van der Waals surface area contributed by atoms with Gasteiger partial charge in [-0.1, -0.05) is 15.9 Å². The first-order valence-electron chi connectivity index (χ1n) is 3.88. The highest BCUT2D eigenvalue weighted by atomic mass is 79.9. The lowest BCUT2D eigenvalue weighted by molar-refractivity contribution is 0.170. The minimum Gasteiger partial charge on any atom is -0.504 e. The molecule has 4 nitrogen and oxygen atoms in total. The molecule has 1 amide bonds. The van der Waals surface area contributed by atoms with Gasteiger partial charge in [-0.2, -0.15) is 0 Å². The molecule has 14 heavy (non-hydrogen) atoms. The number of nitrogens with zero attached hydrogens (tertiary/aromatic N) is 1. The highest BCUT2D eigenvalue weighted by Crippen LogP contribution is 2.29. The van der Waals surface area contributed by atoms with E-state index in [1.807, 2.05) is 0 Å². The van der Waals surface area contributed by atoms with Crippen molar-refractivity contribution in [3.05, 3.63) is 22.7 Å². The summed E-state index contributed by atoms with van der Waals surface area (Å²) in [6.07, 6.45) is -0.529. The van der Waals surface area contributed by atoms with Crippen LogP contribution in [0.5, 0.6) is 11.5 Å². The minimum atomic E-state index is -0.529. The average Bonchev–Trinajstić information content (AvgIpc) is 2.11. The zero-order chi connectivity index (χ0) is 10.7. The molecule has 0 fully saturated rings. The van der Waals surface area contributed by atoms with E-state index in [1.54, 1.807) is 20.2 Å². The molecule has 0 radical (unpaired) electrons. The molecule has 0 heterocycles. The lowest BCUT2D eigenvalue weighted by atomic mass is 10.3. The number of benzene rings is 1. The van der Waals surface area contributed by atoms with Crippen molar-refractivity contribution in [3.63, 3.8) is 0 Å². The molecule has 0 aliphatic heterocycles. The zero-order valence-corrected chi connectivity index (χ0v) is 9.41. The Labute approximate surface area is 90.2 Å². The number of hydrogen-bond acceptors (Lipinski definition) is 3. The molecule has 1 N–H and O–H groups in total. The highest BCUT2D eigenvalue weighted by Gasteiger charge is 2.10. The van der Waals surface area contributed by atoms with Crippen LogP contribution >= 0.6 is 15.9 Å². The summed E-state index contributed by atoms with van der Waals surface area (Å²) in [6.45, 7) is 0. The highest BCUT2D eigenvalue weighted by molar-refractivity contribution is 9.10. The van der Waals surface area contributed by atoms with E-state index in [2.05, 4.69) is 15.9 Å². The Kier molecular flexibility index (Phi) is 3.35. The number of halogens is 1. The Bertz CT molecular complexity index is 352. The number of ether oxygens (including phenoxy) is 1. The fourth-order valence-corrected chi connectivity index (χ4v) is 1.10. The van der Waals surface area contributed by atoms with Crippen LogP contribution in [0.4, 0.5) is 4.79 Å². The Morgan fingerprint density at radius 3 is 2.71 bits per heavy atom. The molecule has 0 spiro atoms. The van der Waals surface area contributed by atoms with Crippen molar-refractivity contribution in [2.75, 3.05) is 14.1 Å². The number of rotatable bonds is 1. The molecule has 0 saturated carbocycles. The second-order valence-corrected chi connectivity index (χ2v) is 3.79. The van der Waals surface area contributed by atoms with Crippen molar-refractivity contribution in [3.8, 4) is 11.5 Å². The summed E-state index contributed by atoms with van der Waals surface area (Å²) in [5.41, 5.74) is 0. The molecule has 5 heteroatoms. The van der Waals surface area contributed by atoms with E-state index in [-0.39, 0.29) is 11.5 Å². The Morgan fingerprint density at radius 1 is 1.50 bits per heavy atom. The molecule has 0 aliphatic carbocycles. The van der Waals surface area contributed by atoms with Crippen LogP contribution in [0.2, 0.25) is 0 Å². The zero-order valence-electron chi connectivity index (χ0n) is 7.82. The smallest absolute Gasteiger partial charge is 0.414 e. The summed E-state index contributed by atoms with van der Waals surface area (Å²) in [6, 6.07) is 4.63. The van der Waals surface area contributed by atoms with Gasteiger partial charge in [-0.05, 0) is 18.2 Å². The maximum Gasteiger partial charge on any atom is 0.414 e. The maximum absolute atomic E-state index is 11.2. The number of carbonyl (C=O) groups is 1. The third kappa shape index (κ3) is 2.63. The number of amides is 1. The molecule has 0 bridgehead atoms. The van der Waals surface area contributed by atoms with Crippen LogP contribution in [0.15, 0.2) is 22.7 Å². The quantitative estimate of drug-likeness (QED) is 0.842. The Morgan fingerprint density at radius 2 is 2.14 bits per heavy atom. The second kappa shape index (κ2) is 4.32. The van der Waals surface area contributed by atoms with E-state index < -0.39 is 6.09 Å². The summed E-state index contributed by atoms with van der Waals surface area (Å²) in [4.78, 5) is 12.4. The van der Waals surface area contributed by atoms with Gasteiger partial charge in [0.05, 0.1) is 0 Å². The van der Waals surface area contributed by atoms with Gasteiger partial charge in [0.15, 0.2) is 11.5 Å². The number of phenols is 1. The molecule has 1 aromatic carbocycles. The van der Waals surface area contributed by atoms with Crippen LogP contribution in [-0.2, 0) is 0 Å². The van der Waals surface area contributed by atoms with Crippen LogP contribution < -0.4 is 4.74 Å². The first kappa shape index (κ1) is 10.8. The molecular formula is C9H10BrNO3. The normalized spacial score (nSPS) is 9.64. The first-order valence-corrected chi connectivity index (χ1v) is 4.67. The summed E-state index contributed by atoms with van der Waals surface area (Å²) in [5.74, 6) is 0.0708. The van der Waals surface area contributed by atoms with Crippen LogP contribution in [0.1, 0.15) is 0 Å². The van der Waals surface area contributed by atoms with E-state index in [1.165, 1.54) is 17.0 Å². The molecule has 0 unspecified atom stereocenters. The van der Waals surface area contributed by atoms with Gasteiger partial charge in [0.25, 0.3) is 0 Å². The van der Waals surface area contributed by atoms with Gasteiger partial charge in [0, 0.05) is 18.6 Å². The summed E-state index contributed by atoms with van der Waals surface area (Å²) >= 11 is 3.21. The van der Waals surface area contributed by atoms with Crippen molar-refractivity contribution in [2.45, 2.75) is 0 Å². The van der Waals surface area contributed by atoms with Gasteiger partial charge < -0.3 is 14.7 Å². The van der Waals surface area contributed by atoms with Gasteiger partial charge in [0.2, 0.25) is 0 Å². The van der Waals surface area contributed by atoms with Crippen LogP contribution in [0.25, 0.3) is 0 Å². The summed E-state index contributed by atoms with van der Waals surface area (Å²) < 4.78 is 5.63. The van der Waals surface area contributed by atoms with Crippen LogP contribution in [0.3, 0.4) is 0 Å². The lowest BCUT2D eigenvalue weighted by Crippen LogP contribution is -2.25. The van der Waals surface area contributed by atoms with Crippen LogP contribution in [0, 0.1) is 0 Å². The van der Waals surface area contributed by atoms with Gasteiger partial charge in [0.1, 0.15) is 0 Å². The van der Waals surface area contributed by atoms with Crippen molar-refractivity contribution in [1.29, 1.82) is 0 Å². The predicted octanol–water partition coefficient (Wildman–Crippen LogP) is 2.22. The standard InChI is InChI=1S/C9H10BrNO3/c1-11(2)9(13)14-8-5-6(10)3-4-7(8)12/h3-5,12H,1-2H3. The molecule has 0 aliphatic rings. The van der Waals surface area contributed by atoms with Crippen molar-refractivity contribution in [2.24, 2.45) is 0 Å².